The lowest BCUT2D eigenvalue weighted by Crippen LogP contribution is -2.29. The number of nitrogens with zero attached hydrogens (tertiary/aromatic N) is 4. The van der Waals surface area contributed by atoms with Gasteiger partial charge in [-0.25, -0.2) is 5.48 Å². The van der Waals surface area contributed by atoms with E-state index in [1.54, 1.807) is 23.9 Å². The molecule has 2 N–H and O–H groups in total. The Morgan fingerprint density at radius 2 is 1.11 bits per heavy atom. The smallest absolute Gasteiger partial charge is 0.303 e. The Balaban J connectivity index is 0.000000187. The normalized spacial score (nSPS) is 19.3. The Labute approximate surface area is 366 Å². The maximum atomic E-state index is 13.1. The van der Waals surface area contributed by atoms with Crippen LogP contribution >= 0.6 is 0 Å². The summed E-state index contributed by atoms with van der Waals surface area (Å²) in [5, 5.41) is 11.2. The van der Waals surface area contributed by atoms with Crippen molar-refractivity contribution in [1.29, 1.82) is 0 Å². The molecule has 2 aromatic heterocycles. The number of carbonyl (C=O) groups excluding carboxylic acids is 3. The molecule has 0 bridgehead atoms. The third-order valence-electron chi connectivity index (χ3n) is 14.4. The highest BCUT2D eigenvalue weighted by molar-refractivity contribution is 6.00. The van der Waals surface area contributed by atoms with Gasteiger partial charge in [0.1, 0.15) is 0 Å². The lowest BCUT2D eigenvalue weighted by atomic mass is 9.75. The van der Waals surface area contributed by atoms with Gasteiger partial charge in [0, 0.05) is 125 Å². The Morgan fingerprint density at radius 1 is 0.677 bits per heavy atom. The molecule has 2 aliphatic carbocycles. The summed E-state index contributed by atoms with van der Waals surface area (Å²) >= 11 is 0. The fourth-order valence-corrected chi connectivity index (χ4v) is 10.8. The number of amides is 3. The molecule has 2 atom stereocenters. The molecule has 4 aliphatic rings. The van der Waals surface area contributed by atoms with Gasteiger partial charge in [-0.3, -0.25) is 24.0 Å². The third kappa shape index (κ3) is 10.2. The topological polar surface area (TPSA) is 145 Å². The quantitative estimate of drug-likeness (QED) is 0.139. The van der Waals surface area contributed by atoms with Crippen LogP contribution in [0.5, 0.6) is 0 Å². The van der Waals surface area contributed by atoms with Gasteiger partial charge in [-0.15, -0.1) is 0 Å². The number of fused-ring (bicyclic) bond motifs is 6. The SMILES string of the molecule is CN(CCCC(=O)O)C(=O)c1ccc2c(c1)c1c(n2C)CC[C@@H](C2CCOCC2)C1.CONC(=O)CCCN(C)C(=O)c1ccc2c(c1)c1c(n2C)CC[C@@H](C2CCOCC2)C1. The molecule has 62 heavy (non-hydrogen) atoms. The van der Waals surface area contributed by atoms with Gasteiger partial charge in [0.25, 0.3) is 11.8 Å². The number of benzene rings is 2. The highest BCUT2D eigenvalue weighted by atomic mass is 16.6. The van der Waals surface area contributed by atoms with Gasteiger partial charge in [0.2, 0.25) is 5.91 Å². The van der Waals surface area contributed by atoms with Gasteiger partial charge in [-0.2, -0.15) is 0 Å². The predicted octanol–water partition coefficient (Wildman–Crippen LogP) is 6.89. The number of hydroxylamine groups is 1. The number of aliphatic carboxylic acids is 1. The molecule has 0 spiro atoms. The minimum Gasteiger partial charge on any atom is -0.481 e. The maximum absolute atomic E-state index is 13.1. The summed E-state index contributed by atoms with van der Waals surface area (Å²) in [6.07, 6.45) is 13.0. The second kappa shape index (κ2) is 20.6. The van der Waals surface area contributed by atoms with E-state index in [1.165, 1.54) is 77.1 Å². The number of aryl methyl sites for hydroxylation is 2. The van der Waals surface area contributed by atoms with E-state index >= 15 is 0 Å². The number of nitrogens with one attached hydrogen (secondary N) is 1. The van der Waals surface area contributed by atoms with Gasteiger partial charge in [0.15, 0.2) is 0 Å². The Kier molecular flexibility index (Phi) is 15.1. The summed E-state index contributed by atoms with van der Waals surface area (Å²) in [5.74, 6) is 1.84. The van der Waals surface area contributed by atoms with Gasteiger partial charge >= 0.3 is 5.97 Å². The summed E-state index contributed by atoms with van der Waals surface area (Å²) in [6.45, 7) is 4.52. The monoisotopic (exact) mass is 853 g/mol. The highest BCUT2D eigenvalue weighted by Crippen LogP contribution is 2.41. The van der Waals surface area contributed by atoms with Crippen molar-refractivity contribution in [3.05, 3.63) is 70.0 Å². The zero-order valence-corrected chi connectivity index (χ0v) is 37.5. The first-order valence-electron chi connectivity index (χ1n) is 22.9. The average molecular weight is 854 g/mol. The Hall–Kier alpha value is -4.72. The lowest BCUT2D eigenvalue weighted by Gasteiger charge is -2.33. The minimum atomic E-state index is -0.827. The molecule has 2 saturated heterocycles. The lowest BCUT2D eigenvalue weighted by molar-refractivity contribution is -0.137. The van der Waals surface area contributed by atoms with Crippen molar-refractivity contribution in [3.8, 4) is 0 Å². The van der Waals surface area contributed by atoms with Crippen LogP contribution in [-0.2, 0) is 63.7 Å². The van der Waals surface area contributed by atoms with Crippen molar-refractivity contribution < 1.29 is 38.6 Å². The molecule has 0 radical (unpaired) electrons. The first-order chi connectivity index (χ1) is 29.9. The molecule has 13 heteroatoms. The molecule has 0 unspecified atom stereocenters. The van der Waals surface area contributed by atoms with Crippen molar-refractivity contribution in [1.82, 2.24) is 24.4 Å². The van der Waals surface area contributed by atoms with Crippen molar-refractivity contribution in [2.75, 3.05) is 60.7 Å². The molecular formula is C49H67N5O8. The maximum Gasteiger partial charge on any atom is 0.303 e. The van der Waals surface area contributed by atoms with E-state index < -0.39 is 5.97 Å². The van der Waals surface area contributed by atoms with Crippen molar-refractivity contribution >= 4 is 45.5 Å². The number of carbonyl (C=O) groups is 4. The molecular weight excluding hydrogens is 787 g/mol. The van der Waals surface area contributed by atoms with Gasteiger partial charge < -0.3 is 33.5 Å². The van der Waals surface area contributed by atoms with Crippen molar-refractivity contribution in [2.45, 2.75) is 89.9 Å². The molecule has 4 aromatic rings. The zero-order chi connectivity index (χ0) is 43.9. The molecule has 0 saturated carbocycles. The highest BCUT2D eigenvalue weighted by Gasteiger charge is 2.33. The van der Waals surface area contributed by atoms with Crippen LogP contribution in [0.4, 0.5) is 0 Å². The average Bonchev–Trinajstić information content (AvgIpc) is 3.74. The predicted molar refractivity (Wildman–Crippen MR) is 239 cm³/mol. The van der Waals surface area contributed by atoms with Crippen LogP contribution < -0.4 is 5.48 Å². The van der Waals surface area contributed by atoms with Crippen LogP contribution in [0.25, 0.3) is 21.8 Å². The number of hydrogen-bond donors (Lipinski definition) is 2. The van der Waals surface area contributed by atoms with E-state index in [1.807, 2.05) is 12.1 Å². The number of ether oxygens (including phenoxy) is 2. The van der Waals surface area contributed by atoms with Gasteiger partial charge in [-0.05, 0) is 148 Å². The Morgan fingerprint density at radius 3 is 1.53 bits per heavy atom. The second-order valence-electron chi connectivity index (χ2n) is 18.1. The van der Waals surface area contributed by atoms with E-state index in [0.29, 0.717) is 55.3 Å². The van der Waals surface area contributed by atoms with Crippen LogP contribution in [0.15, 0.2) is 36.4 Å². The number of carboxylic acids is 1. The van der Waals surface area contributed by atoms with Gasteiger partial charge in [-0.1, -0.05) is 0 Å². The number of hydrogen-bond acceptors (Lipinski definition) is 7. The number of aromatic nitrogens is 2. The van der Waals surface area contributed by atoms with E-state index in [0.717, 1.165) is 76.8 Å². The van der Waals surface area contributed by atoms with Crippen molar-refractivity contribution in [3.63, 3.8) is 0 Å². The first-order valence-corrected chi connectivity index (χ1v) is 22.9. The summed E-state index contributed by atoms with van der Waals surface area (Å²) in [4.78, 5) is 56.2. The molecule has 3 amide bonds. The van der Waals surface area contributed by atoms with Crippen LogP contribution in [0, 0.1) is 23.7 Å². The standard InChI is InChI=1S/C25H35N3O4.C24H32N2O4/c1-27(12-4-5-24(29)26-31-3)25(30)19-7-9-23-21(16-19)20-15-18(6-8-22(20)28(23)2)17-10-13-32-14-11-17;1-25(11-3-4-23(27)28)24(29)18-6-8-22-20(15-18)19-14-17(5-7-21(19)26(22)2)16-9-12-30-13-10-16/h7,9,16-18H,4-6,8,10-15H2,1-3H3,(H,26,29);6,8,15-17H,3-5,7,9-14H2,1-2H3,(H,27,28)/t18-;17-/m11/s1. The molecule has 13 nitrogen and oxygen atoms in total. The van der Waals surface area contributed by atoms with Crippen molar-refractivity contribution in [2.24, 2.45) is 37.8 Å². The van der Waals surface area contributed by atoms with Crippen LogP contribution in [0.2, 0.25) is 0 Å². The molecule has 2 aromatic carbocycles. The van der Waals surface area contributed by atoms with Crippen LogP contribution in [0.1, 0.15) is 107 Å². The molecule has 336 valence electrons. The molecule has 2 fully saturated rings. The fourth-order valence-electron chi connectivity index (χ4n) is 10.8. The number of carboxylic acid groups (broad SMARTS) is 1. The van der Waals surface area contributed by atoms with Gasteiger partial charge in [0.05, 0.1) is 7.11 Å². The van der Waals surface area contributed by atoms with E-state index in [9.17, 15) is 19.2 Å². The number of rotatable bonds is 13. The fraction of sp³-hybridized carbons (Fsp3) is 0.592. The van der Waals surface area contributed by atoms with E-state index in [2.05, 4.69) is 57.8 Å². The summed E-state index contributed by atoms with van der Waals surface area (Å²) in [5.41, 5.74) is 11.8. The zero-order valence-electron chi connectivity index (χ0n) is 37.5. The second-order valence-corrected chi connectivity index (χ2v) is 18.1. The van der Waals surface area contributed by atoms with E-state index in [4.69, 9.17) is 14.6 Å². The van der Waals surface area contributed by atoms with Crippen LogP contribution in [-0.4, -0.2) is 108 Å². The first kappa shape index (κ1) is 45.3. The third-order valence-corrected chi connectivity index (χ3v) is 14.4. The molecule has 8 rings (SSSR count). The molecule has 2 aliphatic heterocycles. The summed E-state index contributed by atoms with van der Waals surface area (Å²) in [7, 11) is 9.24. The molecule has 4 heterocycles. The summed E-state index contributed by atoms with van der Waals surface area (Å²) in [6, 6.07) is 12.1. The largest absolute Gasteiger partial charge is 0.481 e. The minimum absolute atomic E-state index is 0.00607. The van der Waals surface area contributed by atoms with Crippen LogP contribution in [0.3, 0.4) is 0 Å². The Bertz CT molecular complexity index is 2230. The van der Waals surface area contributed by atoms with E-state index in [-0.39, 0.29) is 24.1 Å². The summed E-state index contributed by atoms with van der Waals surface area (Å²) < 4.78 is 15.8.